The zero-order valence-electron chi connectivity index (χ0n) is 33.4. The molecule has 18 nitrogen and oxygen atoms in total. The molecular formula is C43H43BrN10O8. The molecule has 0 radical (unpaired) electrons. The lowest BCUT2D eigenvalue weighted by Gasteiger charge is -2.13. The van der Waals surface area contributed by atoms with Gasteiger partial charge in [-0.15, -0.1) is 6.42 Å². The number of carbonyl (C=O) groups is 4. The van der Waals surface area contributed by atoms with Crippen LogP contribution in [0.1, 0.15) is 60.7 Å². The number of amides is 2. The van der Waals surface area contributed by atoms with Crippen molar-refractivity contribution in [3.05, 3.63) is 95.0 Å². The number of fused-ring (bicyclic) bond motifs is 2. The van der Waals surface area contributed by atoms with Crippen molar-refractivity contribution >= 4 is 61.7 Å². The van der Waals surface area contributed by atoms with Crippen LogP contribution in [0.5, 0.6) is 0 Å². The number of aliphatic hydroxyl groups is 2. The zero-order chi connectivity index (χ0) is 43.9. The van der Waals surface area contributed by atoms with E-state index in [1.54, 1.807) is 63.1 Å². The summed E-state index contributed by atoms with van der Waals surface area (Å²) in [4.78, 5) is 66.7. The minimum absolute atomic E-state index is 0. The third kappa shape index (κ3) is 9.60. The number of rotatable bonds is 6. The van der Waals surface area contributed by atoms with Gasteiger partial charge in [0.05, 0.1) is 35.4 Å². The Morgan fingerprint density at radius 3 is 1.71 bits per heavy atom. The minimum Gasteiger partial charge on any atom is -0.461 e. The van der Waals surface area contributed by atoms with Crippen LogP contribution in [0.2, 0.25) is 0 Å². The van der Waals surface area contributed by atoms with Gasteiger partial charge in [0.1, 0.15) is 12.7 Å². The van der Waals surface area contributed by atoms with E-state index in [0.717, 1.165) is 10.2 Å². The summed E-state index contributed by atoms with van der Waals surface area (Å²) in [5.41, 5.74) is 0.147. The van der Waals surface area contributed by atoms with Crippen molar-refractivity contribution in [3.63, 3.8) is 0 Å². The highest BCUT2D eigenvalue weighted by molar-refractivity contribution is 9.10. The van der Waals surface area contributed by atoms with Crippen molar-refractivity contribution < 1.29 is 38.9 Å². The van der Waals surface area contributed by atoms with Gasteiger partial charge in [-0.25, -0.2) is 38.9 Å². The SMILES string of the molecule is C.C#C[C@]1(O)CCN(C)C1=O.CCOC(=O)c1nn(-c2cccc(Br)c2)c2ncncc12.CCOC(=O)c1nn(-c2cccc(C#C[C@]3(O)CCN(C)C3=O)c2)c2ncncc12. The summed E-state index contributed by atoms with van der Waals surface area (Å²) in [6.45, 7) is 4.98. The lowest BCUT2D eigenvalue weighted by molar-refractivity contribution is -0.138. The quantitative estimate of drug-likeness (QED) is 0.180. The number of likely N-dealkylation sites (N-methyl/N-ethyl adjacent to an activating group) is 2. The summed E-state index contributed by atoms with van der Waals surface area (Å²) in [5, 5.41) is 29.5. The summed E-state index contributed by atoms with van der Waals surface area (Å²) < 4.78 is 14.1. The molecule has 0 saturated carbocycles. The topological polar surface area (TPSA) is 221 Å². The maximum Gasteiger partial charge on any atom is 0.359 e. The maximum atomic E-state index is 12.3. The van der Waals surface area contributed by atoms with Gasteiger partial charge < -0.3 is 29.5 Å². The van der Waals surface area contributed by atoms with E-state index in [1.165, 1.54) is 33.3 Å². The summed E-state index contributed by atoms with van der Waals surface area (Å²) >= 11 is 3.42. The first kappa shape index (κ1) is 46.0. The van der Waals surface area contributed by atoms with E-state index in [4.69, 9.17) is 15.9 Å². The number of aromatic nitrogens is 8. The summed E-state index contributed by atoms with van der Waals surface area (Å²) in [6.07, 6.45) is 11.5. The number of carbonyl (C=O) groups excluding carboxylic acids is 4. The Hall–Kier alpha value is -7.06. The molecule has 6 heterocycles. The highest BCUT2D eigenvalue weighted by atomic mass is 79.9. The molecule has 8 rings (SSSR count). The molecule has 62 heavy (non-hydrogen) atoms. The predicted octanol–water partition coefficient (Wildman–Crippen LogP) is 3.54. The van der Waals surface area contributed by atoms with Gasteiger partial charge in [-0.1, -0.05) is 53.3 Å². The van der Waals surface area contributed by atoms with E-state index in [0.29, 0.717) is 52.8 Å². The third-order valence-corrected chi connectivity index (χ3v) is 9.94. The maximum absolute atomic E-state index is 12.3. The van der Waals surface area contributed by atoms with E-state index >= 15 is 0 Å². The van der Waals surface area contributed by atoms with Crippen LogP contribution in [-0.4, -0.2) is 135 Å². The normalized spacial score (nSPS) is 17.8. The van der Waals surface area contributed by atoms with E-state index in [2.05, 4.69) is 63.8 Å². The molecule has 19 heteroatoms. The van der Waals surface area contributed by atoms with Gasteiger partial charge in [0.15, 0.2) is 22.7 Å². The summed E-state index contributed by atoms with van der Waals surface area (Å²) in [5.74, 6) is 5.85. The standard InChI is InChI=1S/C21H19N5O4.C14H11BrN4O2.C7H9NO2.CH4/c1-3-30-19(27)17-16-12-22-13-23-18(16)26(24-17)15-6-4-5-14(11-15)7-8-21(29)9-10-25(2)20(21)28;1-2-21-14(20)12-11-7-16-8-17-13(11)19(18-12)10-5-3-4-9(15)6-10;1-3-7(10)4-5-8(2)6(7)9;/h4-6,11-13,29H,3,9-10H2,1-2H3;3-8H,2H2,1H3;1,10H,4-5H2,2H3;1H4/t21-;;7-;/m0.0./s1. The minimum atomic E-state index is -1.67. The molecule has 320 valence electrons. The second-order valence-corrected chi connectivity index (χ2v) is 14.5. The number of halogens is 1. The molecule has 6 aromatic rings. The van der Waals surface area contributed by atoms with Crippen molar-refractivity contribution in [1.82, 2.24) is 49.3 Å². The molecule has 0 unspecified atom stereocenters. The number of hydrogen-bond donors (Lipinski definition) is 2. The van der Waals surface area contributed by atoms with Crippen molar-refractivity contribution in [2.45, 2.75) is 45.3 Å². The van der Waals surface area contributed by atoms with Crippen LogP contribution in [0.3, 0.4) is 0 Å². The Bertz CT molecular complexity index is 2760. The number of benzene rings is 2. The van der Waals surface area contributed by atoms with Crippen LogP contribution in [-0.2, 0) is 19.1 Å². The van der Waals surface area contributed by atoms with Gasteiger partial charge in [-0.3, -0.25) is 9.59 Å². The van der Waals surface area contributed by atoms with Crippen LogP contribution in [0.25, 0.3) is 33.4 Å². The lowest BCUT2D eigenvalue weighted by atomic mass is 10.0. The average Bonchev–Trinajstić information content (AvgIpc) is 4.00. The van der Waals surface area contributed by atoms with Gasteiger partial charge in [0, 0.05) is 62.5 Å². The molecule has 2 N–H and O–H groups in total. The molecule has 4 aromatic heterocycles. The Balaban J connectivity index is 0.000000196. The third-order valence-electron chi connectivity index (χ3n) is 9.45. The van der Waals surface area contributed by atoms with Crippen LogP contribution >= 0.6 is 15.9 Å². The van der Waals surface area contributed by atoms with Crippen LogP contribution < -0.4 is 0 Å². The Kier molecular flexibility index (Phi) is 14.5. The number of ether oxygens (including phenoxy) is 2. The van der Waals surface area contributed by atoms with Gasteiger partial charge in [-0.05, 0) is 50.2 Å². The first-order valence-electron chi connectivity index (χ1n) is 18.8. The molecule has 0 spiro atoms. The highest BCUT2D eigenvalue weighted by Crippen LogP contribution is 2.25. The van der Waals surface area contributed by atoms with E-state index in [9.17, 15) is 29.4 Å². The van der Waals surface area contributed by atoms with Crippen molar-refractivity contribution in [3.8, 4) is 35.6 Å². The molecular weight excluding hydrogens is 864 g/mol. The number of nitrogens with zero attached hydrogens (tertiary/aromatic N) is 10. The first-order chi connectivity index (χ1) is 29.2. The fourth-order valence-corrected chi connectivity index (χ4v) is 6.62. The fraction of sp³-hybridized carbons (Fsp3) is 0.302. The molecule has 2 aliphatic rings. The van der Waals surface area contributed by atoms with Gasteiger partial charge in [-0.2, -0.15) is 10.2 Å². The van der Waals surface area contributed by atoms with E-state index in [1.807, 2.05) is 24.3 Å². The highest BCUT2D eigenvalue weighted by Gasteiger charge is 2.43. The van der Waals surface area contributed by atoms with Crippen molar-refractivity contribution in [1.29, 1.82) is 0 Å². The number of esters is 2. The van der Waals surface area contributed by atoms with Gasteiger partial charge in [0.2, 0.25) is 11.2 Å². The summed E-state index contributed by atoms with van der Waals surface area (Å²) in [6, 6.07) is 14.6. The first-order valence-corrected chi connectivity index (χ1v) is 19.6. The van der Waals surface area contributed by atoms with E-state index in [-0.39, 0.29) is 44.4 Å². The number of terminal acetylenes is 1. The molecule has 0 aliphatic carbocycles. The molecule has 2 amide bonds. The molecule has 2 aromatic carbocycles. The molecule has 2 fully saturated rings. The molecule has 2 saturated heterocycles. The largest absolute Gasteiger partial charge is 0.461 e. The second-order valence-electron chi connectivity index (χ2n) is 13.6. The van der Waals surface area contributed by atoms with Crippen molar-refractivity contribution in [2.75, 3.05) is 40.4 Å². The number of hydrogen-bond acceptors (Lipinski definition) is 14. The average molecular weight is 908 g/mol. The molecule has 2 atom stereocenters. The van der Waals surface area contributed by atoms with Gasteiger partial charge in [0.25, 0.3) is 11.8 Å². The smallest absolute Gasteiger partial charge is 0.359 e. The Morgan fingerprint density at radius 1 is 0.790 bits per heavy atom. The summed E-state index contributed by atoms with van der Waals surface area (Å²) in [7, 11) is 3.26. The number of likely N-dealkylation sites (tertiary alicyclic amines) is 2. The lowest BCUT2D eigenvalue weighted by Crippen LogP contribution is -2.37. The second kappa shape index (κ2) is 19.5. The van der Waals surface area contributed by atoms with Gasteiger partial charge >= 0.3 is 11.9 Å². The monoisotopic (exact) mass is 906 g/mol. The molecule has 0 bridgehead atoms. The fourth-order valence-electron chi connectivity index (χ4n) is 6.24. The van der Waals surface area contributed by atoms with E-state index < -0.39 is 29.0 Å². The van der Waals surface area contributed by atoms with Crippen LogP contribution in [0.15, 0.2) is 78.1 Å². The van der Waals surface area contributed by atoms with Crippen LogP contribution in [0, 0.1) is 24.2 Å². The molecule has 2 aliphatic heterocycles. The zero-order valence-corrected chi connectivity index (χ0v) is 35.0. The van der Waals surface area contributed by atoms with Crippen LogP contribution in [0.4, 0.5) is 0 Å². The Morgan fingerprint density at radius 2 is 1.27 bits per heavy atom. The predicted molar refractivity (Wildman–Crippen MR) is 230 cm³/mol. The Labute approximate surface area is 365 Å². The van der Waals surface area contributed by atoms with Crippen molar-refractivity contribution in [2.24, 2.45) is 0 Å².